The zero-order chi connectivity index (χ0) is 7.84. The van der Waals surface area contributed by atoms with Crippen LogP contribution < -0.4 is 11.1 Å². The molecule has 1 aliphatic heterocycles. The first-order valence-electron chi connectivity index (χ1n) is 3.60. The summed E-state index contributed by atoms with van der Waals surface area (Å²) in [6.07, 6.45) is 0.742. The summed E-state index contributed by atoms with van der Waals surface area (Å²) in [4.78, 5) is 0. The van der Waals surface area contributed by atoms with E-state index in [1.807, 2.05) is 6.07 Å². The molecule has 0 unspecified atom stereocenters. The molecule has 0 fully saturated rings. The van der Waals surface area contributed by atoms with E-state index < -0.39 is 0 Å². The summed E-state index contributed by atoms with van der Waals surface area (Å²) >= 11 is 0. The Balaban J connectivity index is 2.62. The SMILES string of the molecule is Nc1ccc2c(c1F)CCN2. The van der Waals surface area contributed by atoms with Crippen LogP contribution in [0.4, 0.5) is 15.8 Å². The van der Waals surface area contributed by atoms with Gasteiger partial charge < -0.3 is 11.1 Å². The van der Waals surface area contributed by atoms with E-state index in [-0.39, 0.29) is 11.5 Å². The van der Waals surface area contributed by atoms with Gasteiger partial charge in [-0.1, -0.05) is 0 Å². The maximum Gasteiger partial charge on any atom is 0.151 e. The highest BCUT2D eigenvalue weighted by atomic mass is 19.1. The van der Waals surface area contributed by atoms with E-state index in [9.17, 15) is 4.39 Å². The van der Waals surface area contributed by atoms with Gasteiger partial charge in [-0.05, 0) is 18.6 Å². The first-order valence-corrected chi connectivity index (χ1v) is 3.60. The number of halogens is 1. The van der Waals surface area contributed by atoms with Crippen molar-refractivity contribution in [1.82, 2.24) is 0 Å². The fourth-order valence-electron chi connectivity index (χ4n) is 1.37. The van der Waals surface area contributed by atoms with Crippen molar-refractivity contribution in [2.45, 2.75) is 6.42 Å². The molecule has 1 aliphatic rings. The van der Waals surface area contributed by atoms with E-state index in [0.29, 0.717) is 0 Å². The van der Waals surface area contributed by atoms with E-state index >= 15 is 0 Å². The highest BCUT2D eigenvalue weighted by Crippen LogP contribution is 2.27. The fourth-order valence-corrected chi connectivity index (χ4v) is 1.37. The number of nitrogen functional groups attached to an aromatic ring is 1. The second-order valence-corrected chi connectivity index (χ2v) is 2.67. The quantitative estimate of drug-likeness (QED) is 0.551. The van der Waals surface area contributed by atoms with Crippen LogP contribution in [-0.4, -0.2) is 6.54 Å². The van der Waals surface area contributed by atoms with Crippen LogP contribution in [0.2, 0.25) is 0 Å². The molecule has 0 bridgehead atoms. The average molecular weight is 152 g/mol. The molecule has 0 saturated carbocycles. The molecule has 0 atom stereocenters. The Morgan fingerprint density at radius 1 is 1.45 bits per heavy atom. The van der Waals surface area contributed by atoms with Crippen LogP contribution in [0.15, 0.2) is 12.1 Å². The molecule has 3 heteroatoms. The summed E-state index contributed by atoms with van der Waals surface area (Å²) in [5, 5.41) is 3.07. The lowest BCUT2D eigenvalue weighted by Crippen LogP contribution is -1.94. The topological polar surface area (TPSA) is 38.0 Å². The Morgan fingerprint density at radius 3 is 3.09 bits per heavy atom. The molecule has 58 valence electrons. The average Bonchev–Trinajstić information content (AvgIpc) is 2.45. The standard InChI is InChI=1S/C8H9FN2/c9-8-5-3-4-11-7(5)2-1-6(8)10/h1-2,11H,3-4,10H2. The minimum atomic E-state index is -0.257. The van der Waals surface area contributed by atoms with Crippen LogP contribution in [0.25, 0.3) is 0 Å². The maximum absolute atomic E-state index is 13.1. The Labute approximate surface area is 64.2 Å². The van der Waals surface area contributed by atoms with Gasteiger partial charge in [0.2, 0.25) is 0 Å². The van der Waals surface area contributed by atoms with Crippen molar-refractivity contribution < 1.29 is 4.39 Å². The number of hydrogen-bond acceptors (Lipinski definition) is 2. The van der Waals surface area contributed by atoms with E-state index in [1.165, 1.54) is 0 Å². The summed E-state index contributed by atoms with van der Waals surface area (Å²) in [7, 11) is 0. The van der Waals surface area contributed by atoms with Crippen molar-refractivity contribution in [3.8, 4) is 0 Å². The van der Waals surface area contributed by atoms with Gasteiger partial charge >= 0.3 is 0 Å². The molecule has 3 N–H and O–H groups in total. The van der Waals surface area contributed by atoms with Crippen LogP contribution in [0.1, 0.15) is 5.56 Å². The number of benzene rings is 1. The Morgan fingerprint density at radius 2 is 2.27 bits per heavy atom. The Kier molecular flexibility index (Phi) is 1.24. The van der Waals surface area contributed by atoms with Crippen molar-refractivity contribution in [1.29, 1.82) is 0 Å². The highest BCUT2D eigenvalue weighted by molar-refractivity contribution is 5.62. The lowest BCUT2D eigenvalue weighted by Gasteiger charge is -2.02. The van der Waals surface area contributed by atoms with Crippen LogP contribution >= 0.6 is 0 Å². The molecule has 0 saturated heterocycles. The highest BCUT2D eigenvalue weighted by Gasteiger charge is 2.15. The third-order valence-corrected chi connectivity index (χ3v) is 1.96. The molecule has 0 aliphatic carbocycles. The molecule has 2 nitrogen and oxygen atoms in total. The van der Waals surface area contributed by atoms with E-state index in [1.54, 1.807) is 6.07 Å². The van der Waals surface area contributed by atoms with Crippen LogP contribution in [-0.2, 0) is 6.42 Å². The van der Waals surface area contributed by atoms with Crippen molar-refractivity contribution in [2.24, 2.45) is 0 Å². The molecule has 1 aromatic rings. The van der Waals surface area contributed by atoms with Crippen molar-refractivity contribution in [3.63, 3.8) is 0 Å². The van der Waals surface area contributed by atoms with Crippen molar-refractivity contribution in [2.75, 3.05) is 17.6 Å². The summed E-state index contributed by atoms with van der Waals surface area (Å²) in [5.41, 5.74) is 7.25. The molecule has 0 radical (unpaired) electrons. The molecule has 1 aromatic carbocycles. The number of nitrogens with one attached hydrogen (secondary N) is 1. The number of rotatable bonds is 0. The second kappa shape index (κ2) is 2.12. The molecule has 0 amide bonds. The molecule has 11 heavy (non-hydrogen) atoms. The molecular formula is C8H9FN2. The smallest absolute Gasteiger partial charge is 0.151 e. The number of nitrogens with two attached hydrogens (primary N) is 1. The van der Waals surface area contributed by atoms with Crippen molar-refractivity contribution in [3.05, 3.63) is 23.5 Å². The normalized spacial score (nSPS) is 14.3. The van der Waals surface area contributed by atoms with Gasteiger partial charge in [0.1, 0.15) is 0 Å². The Hall–Kier alpha value is -1.25. The summed E-state index contributed by atoms with van der Waals surface area (Å²) in [6.45, 7) is 0.815. The van der Waals surface area contributed by atoms with E-state index in [4.69, 9.17) is 5.73 Å². The lowest BCUT2D eigenvalue weighted by molar-refractivity contribution is 0.620. The van der Waals surface area contributed by atoms with Crippen LogP contribution in [0, 0.1) is 5.82 Å². The van der Waals surface area contributed by atoms with Crippen LogP contribution in [0.3, 0.4) is 0 Å². The minimum absolute atomic E-state index is 0.243. The summed E-state index contributed by atoms with van der Waals surface area (Å²) < 4.78 is 13.1. The summed E-state index contributed by atoms with van der Waals surface area (Å²) in [6, 6.07) is 3.41. The van der Waals surface area contributed by atoms with Gasteiger partial charge in [-0.3, -0.25) is 0 Å². The first kappa shape index (κ1) is 6.46. The molecular weight excluding hydrogens is 143 g/mol. The predicted octanol–water partition coefficient (Wildman–Crippen LogP) is 1.38. The monoisotopic (exact) mass is 152 g/mol. The maximum atomic E-state index is 13.1. The summed E-state index contributed by atoms with van der Waals surface area (Å²) in [5.74, 6) is -0.257. The molecule has 0 aromatic heterocycles. The van der Waals surface area contributed by atoms with Crippen LogP contribution in [0.5, 0.6) is 0 Å². The molecule has 2 rings (SSSR count). The minimum Gasteiger partial charge on any atom is -0.396 e. The van der Waals surface area contributed by atoms with E-state index in [2.05, 4.69) is 5.32 Å². The number of fused-ring (bicyclic) bond motifs is 1. The number of hydrogen-bond donors (Lipinski definition) is 2. The van der Waals surface area contributed by atoms with Gasteiger partial charge in [-0.15, -0.1) is 0 Å². The largest absolute Gasteiger partial charge is 0.396 e. The second-order valence-electron chi connectivity index (χ2n) is 2.67. The fraction of sp³-hybridized carbons (Fsp3) is 0.250. The molecule has 0 spiro atoms. The van der Waals surface area contributed by atoms with Gasteiger partial charge in [0.15, 0.2) is 5.82 Å². The molecule has 1 heterocycles. The lowest BCUT2D eigenvalue weighted by atomic mass is 10.1. The number of anilines is 2. The zero-order valence-corrected chi connectivity index (χ0v) is 6.02. The first-order chi connectivity index (χ1) is 5.29. The van der Waals surface area contributed by atoms with Gasteiger partial charge in [-0.25, -0.2) is 4.39 Å². The Bertz CT molecular complexity index is 296. The van der Waals surface area contributed by atoms with E-state index in [0.717, 1.165) is 24.2 Å². The van der Waals surface area contributed by atoms with Gasteiger partial charge in [0.25, 0.3) is 0 Å². The third-order valence-electron chi connectivity index (χ3n) is 1.96. The third kappa shape index (κ3) is 0.843. The van der Waals surface area contributed by atoms with Gasteiger partial charge in [0, 0.05) is 17.8 Å². The van der Waals surface area contributed by atoms with Crippen molar-refractivity contribution >= 4 is 11.4 Å². The van der Waals surface area contributed by atoms with Gasteiger partial charge in [0.05, 0.1) is 5.69 Å². The zero-order valence-electron chi connectivity index (χ0n) is 6.02. The van der Waals surface area contributed by atoms with Gasteiger partial charge in [-0.2, -0.15) is 0 Å². The predicted molar refractivity (Wildman–Crippen MR) is 43.0 cm³/mol.